The first kappa shape index (κ1) is 16.1. The summed E-state index contributed by atoms with van der Waals surface area (Å²) in [6.07, 6.45) is 0. The van der Waals surface area contributed by atoms with E-state index >= 15 is 0 Å². The van der Waals surface area contributed by atoms with Gasteiger partial charge in [0.2, 0.25) is 10.0 Å². The Hall–Kier alpha value is 0.0400. The van der Waals surface area contributed by atoms with Crippen molar-refractivity contribution in [2.24, 2.45) is 5.92 Å². The first-order valence-corrected chi connectivity index (χ1v) is 8.64. The Bertz CT molecular complexity index is 555. The van der Waals surface area contributed by atoms with Crippen molar-refractivity contribution in [2.75, 3.05) is 13.6 Å². The third-order valence-electron chi connectivity index (χ3n) is 2.27. The number of rotatable bonds is 5. The number of hydrogen-bond acceptors (Lipinski definition) is 4. The topological polar surface area (TPSA) is 74.7 Å². The van der Waals surface area contributed by atoms with Crippen LogP contribution in [0.3, 0.4) is 0 Å². The number of carboxylic acids is 1. The second-order valence-electron chi connectivity index (χ2n) is 3.71. The molecule has 1 atom stereocenters. The molecule has 0 radical (unpaired) electrons. The number of sulfonamides is 1. The minimum Gasteiger partial charge on any atom is -0.481 e. The number of hydrogen-bond donors (Lipinski definition) is 1. The Labute approximate surface area is 126 Å². The van der Waals surface area contributed by atoms with Crippen molar-refractivity contribution in [3.05, 3.63) is 13.6 Å². The summed E-state index contributed by atoms with van der Waals surface area (Å²) in [6, 6.07) is 1.49. The van der Waals surface area contributed by atoms with E-state index in [-0.39, 0.29) is 11.4 Å². The average Bonchev–Trinajstić information content (AvgIpc) is 2.57. The van der Waals surface area contributed by atoms with Crippen LogP contribution in [-0.2, 0) is 14.8 Å². The molecule has 0 bridgehead atoms. The summed E-state index contributed by atoms with van der Waals surface area (Å²) in [7, 11) is -2.31. The van der Waals surface area contributed by atoms with Crippen molar-refractivity contribution in [1.82, 2.24) is 4.31 Å². The molecule has 0 fully saturated rings. The van der Waals surface area contributed by atoms with Crippen LogP contribution in [0.15, 0.2) is 18.5 Å². The summed E-state index contributed by atoms with van der Waals surface area (Å²) in [6.45, 7) is 1.39. The fourth-order valence-corrected chi connectivity index (χ4v) is 6.25. The standard InChI is InChI=1S/C9H11Br2NO4S2/c1-5(9(13)14)4-12(2)18(15,16)6-3-7(10)17-8(6)11/h3,5H,4H2,1-2H3,(H,13,14). The molecule has 0 aliphatic carbocycles. The first-order chi connectivity index (χ1) is 8.16. The lowest BCUT2D eigenvalue weighted by molar-refractivity contribution is -0.141. The molecule has 1 N–H and O–H groups in total. The zero-order valence-corrected chi connectivity index (χ0v) is 14.4. The molecular formula is C9H11Br2NO4S2. The molecule has 0 aliphatic heterocycles. The molecule has 5 nitrogen and oxygen atoms in total. The Balaban J connectivity index is 3.00. The van der Waals surface area contributed by atoms with E-state index in [0.717, 1.165) is 4.31 Å². The molecule has 1 unspecified atom stereocenters. The van der Waals surface area contributed by atoms with Crippen molar-refractivity contribution in [2.45, 2.75) is 11.8 Å². The van der Waals surface area contributed by atoms with E-state index < -0.39 is 21.9 Å². The van der Waals surface area contributed by atoms with E-state index in [1.165, 1.54) is 31.4 Å². The van der Waals surface area contributed by atoms with Crippen molar-refractivity contribution in [3.8, 4) is 0 Å². The quantitative estimate of drug-likeness (QED) is 0.794. The highest BCUT2D eigenvalue weighted by Crippen LogP contribution is 2.36. The molecule has 1 rings (SSSR count). The number of aliphatic carboxylic acids is 1. The maximum Gasteiger partial charge on any atom is 0.307 e. The number of carboxylic acid groups (broad SMARTS) is 1. The minimum absolute atomic E-state index is 0.0719. The molecule has 18 heavy (non-hydrogen) atoms. The van der Waals surface area contributed by atoms with Crippen LogP contribution in [0.4, 0.5) is 0 Å². The van der Waals surface area contributed by atoms with Crippen LogP contribution < -0.4 is 0 Å². The summed E-state index contributed by atoms with van der Waals surface area (Å²) in [5, 5.41) is 8.79. The predicted molar refractivity (Wildman–Crippen MR) is 76.3 cm³/mol. The van der Waals surface area contributed by atoms with Gasteiger partial charge in [0.1, 0.15) is 4.90 Å². The van der Waals surface area contributed by atoms with Gasteiger partial charge in [-0.15, -0.1) is 11.3 Å². The van der Waals surface area contributed by atoms with Crippen LogP contribution in [0, 0.1) is 5.92 Å². The molecule has 0 amide bonds. The number of halogens is 2. The van der Waals surface area contributed by atoms with E-state index in [4.69, 9.17) is 5.11 Å². The number of thiophene rings is 1. The van der Waals surface area contributed by atoms with Gasteiger partial charge in [0, 0.05) is 13.6 Å². The largest absolute Gasteiger partial charge is 0.481 e. The van der Waals surface area contributed by atoms with E-state index in [0.29, 0.717) is 7.57 Å². The average molecular weight is 421 g/mol. The lowest BCUT2D eigenvalue weighted by atomic mass is 10.2. The summed E-state index contributed by atoms with van der Waals surface area (Å²) >= 11 is 7.64. The molecule has 0 spiro atoms. The van der Waals surface area contributed by atoms with Crippen LogP contribution in [-0.4, -0.2) is 37.4 Å². The van der Waals surface area contributed by atoms with Crippen LogP contribution in [0.25, 0.3) is 0 Å². The van der Waals surface area contributed by atoms with Gasteiger partial charge in [0.15, 0.2) is 0 Å². The molecule has 0 aromatic carbocycles. The van der Waals surface area contributed by atoms with Gasteiger partial charge < -0.3 is 5.11 Å². The Kier molecular flexibility index (Phi) is 5.36. The fraction of sp³-hybridized carbons (Fsp3) is 0.444. The van der Waals surface area contributed by atoms with E-state index in [9.17, 15) is 13.2 Å². The van der Waals surface area contributed by atoms with Gasteiger partial charge in [-0.1, -0.05) is 6.92 Å². The molecule has 0 saturated carbocycles. The van der Waals surface area contributed by atoms with Crippen LogP contribution >= 0.6 is 43.2 Å². The summed E-state index contributed by atoms with van der Waals surface area (Å²) in [5.41, 5.74) is 0. The van der Waals surface area contributed by atoms with Crippen molar-refractivity contribution in [3.63, 3.8) is 0 Å². The molecule has 0 saturated heterocycles. The van der Waals surface area contributed by atoms with Crippen molar-refractivity contribution >= 4 is 59.2 Å². The van der Waals surface area contributed by atoms with E-state index in [1.807, 2.05) is 0 Å². The molecule has 1 aromatic rings. The van der Waals surface area contributed by atoms with Gasteiger partial charge in [0.05, 0.1) is 13.5 Å². The number of carbonyl (C=O) groups is 1. The normalized spacial score (nSPS) is 13.8. The van der Waals surface area contributed by atoms with E-state index in [1.54, 1.807) is 0 Å². The second kappa shape index (κ2) is 6.00. The monoisotopic (exact) mass is 419 g/mol. The SMILES string of the molecule is CC(CN(C)S(=O)(=O)c1cc(Br)sc1Br)C(=O)O. The van der Waals surface area contributed by atoms with Gasteiger partial charge >= 0.3 is 5.97 Å². The third-order valence-corrected chi connectivity index (χ3v) is 6.84. The molecule has 1 aromatic heterocycles. The van der Waals surface area contributed by atoms with Crippen molar-refractivity contribution < 1.29 is 18.3 Å². The summed E-state index contributed by atoms with van der Waals surface area (Å²) in [4.78, 5) is 10.9. The predicted octanol–water partition coefficient (Wildman–Crippen LogP) is 2.61. The second-order valence-corrected chi connectivity index (χ2v) is 9.48. The van der Waals surface area contributed by atoms with Gasteiger partial charge in [-0.3, -0.25) is 4.79 Å². The highest BCUT2D eigenvalue weighted by atomic mass is 79.9. The highest BCUT2D eigenvalue weighted by Gasteiger charge is 2.28. The Morgan fingerprint density at radius 1 is 1.56 bits per heavy atom. The minimum atomic E-state index is -3.67. The van der Waals surface area contributed by atoms with Gasteiger partial charge in [0.25, 0.3) is 0 Å². The van der Waals surface area contributed by atoms with E-state index in [2.05, 4.69) is 31.9 Å². The molecular weight excluding hydrogens is 410 g/mol. The summed E-state index contributed by atoms with van der Waals surface area (Å²) in [5.74, 6) is -1.78. The maximum atomic E-state index is 12.2. The molecule has 102 valence electrons. The van der Waals surface area contributed by atoms with Crippen LogP contribution in [0.1, 0.15) is 6.92 Å². The zero-order chi connectivity index (χ0) is 14.1. The first-order valence-electron chi connectivity index (χ1n) is 4.80. The fourth-order valence-electron chi connectivity index (χ4n) is 1.23. The van der Waals surface area contributed by atoms with Crippen LogP contribution in [0.2, 0.25) is 0 Å². The zero-order valence-electron chi connectivity index (χ0n) is 9.55. The molecule has 9 heteroatoms. The Morgan fingerprint density at radius 2 is 2.11 bits per heavy atom. The lowest BCUT2D eigenvalue weighted by Crippen LogP contribution is -2.33. The van der Waals surface area contributed by atoms with Gasteiger partial charge in [-0.05, 0) is 37.9 Å². The van der Waals surface area contributed by atoms with Crippen molar-refractivity contribution in [1.29, 1.82) is 0 Å². The van der Waals surface area contributed by atoms with Gasteiger partial charge in [-0.2, -0.15) is 0 Å². The smallest absolute Gasteiger partial charge is 0.307 e. The third kappa shape index (κ3) is 3.53. The maximum absolute atomic E-state index is 12.2. The summed E-state index contributed by atoms with van der Waals surface area (Å²) < 4.78 is 26.7. The lowest BCUT2D eigenvalue weighted by Gasteiger charge is -2.18. The highest BCUT2D eigenvalue weighted by molar-refractivity contribution is 9.12. The molecule has 0 aliphatic rings. The van der Waals surface area contributed by atoms with Crippen LogP contribution in [0.5, 0.6) is 0 Å². The molecule has 1 heterocycles. The number of nitrogens with zero attached hydrogens (tertiary/aromatic N) is 1. The Morgan fingerprint density at radius 3 is 2.50 bits per heavy atom. The van der Waals surface area contributed by atoms with Gasteiger partial charge in [-0.25, -0.2) is 12.7 Å².